The third-order valence-corrected chi connectivity index (χ3v) is 3.68. The van der Waals surface area contributed by atoms with Gasteiger partial charge in [0.25, 0.3) is 5.91 Å². The van der Waals surface area contributed by atoms with E-state index < -0.39 is 0 Å². The number of carbonyl (C=O) groups excluding carboxylic acids is 1. The van der Waals surface area contributed by atoms with E-state index in [-0.39, 0.29) is 17.2 Å². The smallest absolute Gasteiger partial charge is 0.255 e. The maximum Gasteiger partial charge on any atom is 0.255 e. The van der Waals surface area contributed by atoms with Gasteiger partial charge in [0.1, 0.15) is 5.75 Å². The molecule has 0 radical (unpaired) electrons. The molecule has 104 valence electrons. The topological polar surface area (TPSA) is 61.4 Å². The summed E-state index contributed by atoms with van der Waals surface area (Å²) in [7, 11) is 0. The number of hydrogen-bond acceptors (Lipinski definition) is 3. The zero-order valence-corrected chi connectivity index (χ0v) is 11.5. The molecule has 1 fully saturated rings. The average molecular weight is 283 g/mol. The van der Waals surface area contributed by atoms with Crippen molar-refractivity contribution in [1.29, 1.82) is 0 Å². The Labute approximate surface area is 118 Å². The number of rotatable bonds is 4. The lowest BCUT2D eigenvalue weighted by Crippen LogP contribution is -2.33. The fourth-order valence-corrected chi connectivity index (χ4v) is 2.52. The average Bonchev–Trinajstić information content (AvgIpc) is 2.42. The summed E-state index contributed by atoms with van der Waals surface area (Å²) in [6.07, 6.45) is 3.37. The monoisotopic (exact) mass is 282 g/mol. The van der Waals surface area contributed by atoms with Crippen LogP contribution in [0.15, 0.2) is 18.2 Å². The van der Waals surface area contributed by atoms with Crippen LogP contribution in [0.1, 0.15) is 29.6 Å². The second kappa shape index (κ2) is 6.78. The first-order valence-electron chi connectivity index (χ1n) is 6.64. The maximum absolute atomic E-state index is 11.9. The summed E-state index contributed by atoms with van der Waals surface area (Å²) in [6, 6.07) is 4.47. The van der Waals surface area contributed by atoms with Crippen molar-refractivity contribution >= 4 is 17.5 Å². The highest BCUT2D eigenvalue weighted by molar-refractivity contribution is 6.31. The Hall–Kier alpha value is -1.26. The summed E-state index contributed by atoms with van der Waals surface area (Å²) in [5.41, 5.74) is 0.231. The highest BCUT2D eigenvalue weighted by atomic mass is 35.5. The first-order valence-corrected chi connectivity index (χ1v) is 7.02. The second-order valence-electron chi connectivity index (χ2n) is 4.92. The van der Waals surface area contributed by atoms with Crippen molar-refractivity contribution in [3.8, 4) is 5.75 Å². The lowest BCUT2D eigenvalue weighted by Gasteiger charge is -2.22. The number of halogens is 1. The SMILES string of the molecule is O=C(NCCC1CCCNC1)c1cc(Cl)ccc1O. The molecule has 1 saturated heterocycles. The third kappa shape index (κ3) is 4.11. The van der Waals surface area contributed by atoms with Crippen molar-refractivity contribution in [2.75, 3.05) is 19.6 Å². The van der Waals surface area contributed by atoms with Crippen LogP contribution in [0.5, 0.6) is 5.75 Å². The summed E-state index contributed by atoms with van der Waals surface area (Å²) in [4.78, 5) is 11.9. The van der Waals surface area contributed by atoms with E-state index in [1.807, 2.05) is 0 Å². The summed E-state index contributed by atoms with van der Waals surface area (Å²) >= 11 is 5.82. The summed E-state index contributed by atoms with van der Waals surface area (Å²) in [6.45, 7) is 2.74. The second-order valence-corrected chi connectivity index (χ2v) is 5.35. The van der Waals surface area contributed by atoms with Crippen LogP contribution in [0.25, 0.3) is 0 Å². The Kier molecular flexibility index (Phi) is 5.05. The lowest BCUT2D eigenvalue weighted by molar-refractivity contribution is 0.0948. The van der Waals surface area contributed by atoms with Gasteiger partial charge in [-0.1, -0.05) is 11.6 Å². The van der Waals surface area contributed by atoms with E-state index in [0.717, 1.165) is 19.5 Å². The van der Waals surface area contributed by atoms with Gasteiger partial charge in [0.15, 0.2) is 0 Å². The molecule has 1 aromatic carbocycles. The van der Waals surface area contributed by atoms with Gasteiger partial charge in [0, 0.05) is 11.6 Å². The normalized spacial score (nSPS) is 19.1. The van der Waals surface area contributed by atoms with Crippen LogP contribution in [-0.2, 0) is 0 Å². The predicted octanol–water partition coefficient (Wildman–Crippen LogP) is 2.17. The number of carbonyl (C=O) groups is 1. The molecule has 1 amide bonds. The van der Waals surface area contributed by atoms with Crippen molar-refractivity contribution < 1.29 is 9.90 Å². The van der Waals surface area contributed by atoms with Crippen molar-refractivity contribution in [3.05, 3.63) is 28.8 Å². The lowest BCUT2D eigenvalue weighted by atomic mass is 9.96. The number of phenolic OH excluding ortho intramolecular Hbond substituents is 1. The molecule has 0 aromatic heterocycles. The summed E-state index contributed by atoms with van der Waals surface area (Å²) < 4.78 is 0. The Bertz CT molecular complexity index is 445. The Morgan fingerprint density at radius 2 is 2.37 bits per heavy atom. The minimum atomic E-state index is -0.274. The van der Waals surface area contributed by atoms with Crippen LogP contribution in [0, 0.1) is 5.92 Å². The highest BCUT2D eigenvalue weighted by Crippen LogP contribution is 2.21. The van der Waals surface area contributed by atoms with Gasteiger partial charge in [0.2, 0.25) is 0 Å². The summed E-state index contributed by atoms with van der Waals surface area (Å²) in [5.74, 6) is 0.312. The van der Waals surface area contributed by atoms with Crippen LogP contribution < -0.4 is 10.6 Å². The van der Waals surface area contributed by atoms with Gasteiger partial charge < -0.3 is 15.7 Å². The van der Waals surface area contributed by atoms with E-state index in [1.165, 1.54) is 25.0 Å². The molecule has 19 heavy (non-hydrogen) atoms. The van der Waals surface area contributed by atoms with Gasteiger partial charge in [-0.05, 0) is 56.5 Å². The minimum Gasteiger partial charge on any atom is -0.507 e. The molecule has 1 aromatic rings. The van der Waals surface area contributed by atoms with Crippen LogP contribution >= 0.6 is 11.6 Å². The van der Waals surface area contributed by atoms with Crippen molar-refractivity contribution in [3.63, 3.8) is 0 Å². The molecule has 0 aliphatic carbocycles. The van der Waals surface area contributed by atoms with Crippen molar-refractivity contribution in [2.45, 2.75) is 19.3 Å². The molecule has 1 aliphatic heterocycles. The molecule has 1 atom stereocenters. The quantitative estimate of drug-likeness (QED) is 0.793. The first kappa shape index (κ1) is 14.2. The van der Waals surface area contributed by atoms with E-state index >= 15 is 0 Å². The molecule has 4 nitrogen and oxygen atoms in total. The van der Waals surface area contributed by atoms with Crippen LogP contribution in [0.2, 0.25) is 5.02 Å². The number of piperidine rings is 1. The van der Waals surface area contributed by atoms with Crippen molar-refractivity contribution in [1.82, 2.24) is 10.6 Å². The molecule has 0 bridgehead atoms. The fourth-order valence-electron chi connectivity index (χ4n) is 2.35. The van der Waals surface area contributed by atoms with Gasteiger partial charge in [-0.2, -0.15) is 0 Å². The Morgan fingerprint density at radius 1 is 1.53 bits per heavy atom. The number of nitrogens with one attached hydrogen (secondary N) is 2. The number of aromatic hydroxyl groups is 1. The molecule has 0 saturated carbocycles. The van der Waals surface area contributed by atoms with Gasteiger partial charge in [-0.15, -0.1) is 0 Å². The Balaban J connectivity index is 1.82. The Morgan fingerprint density at radius 3 is 3.11 bits per heavy atom. The largest absolute Gasteiger partial charge is 0.507 e. The number of benzene rings is 1. The van der Waals surface area contributed by atoms with Gasteiger partial charge >= 0.3 is 0 Å². The molecule has 1 heterocycles. The molecule has 0 spiro atoms. The molecule has 2 rings (SSSR count). The summed E-state index contributed by atoms with van der Waals surface area (Å²) in [5, 5.41) is 16.2. The zero-order valence-electron chi connectivity index (χ0n) is 10.8. The van der Waals surface area contributed by atoms with Crippen LogP contribution in [-0.4, -0.2) is 30.6 Å². The third-order valence-electron chi connectivity index (χ3n) is 3.44. The van der Waals surface area contributed by atoms with E-state index in [1.54, 1.807) is 6.07 Å². The number of amides is 1. The molecule has 5 heteroatoms. The standard InChI is InChI=1S/C14H19ClN2O2/c15-11-3-4-13(18)12(8-11)14(19)17-7-5-10-2-1-6-16-9-10/h3-4,8,10,16,18H,1-2,5-7,9H2,(H,17,19). The molecule has 1 unspecified atom stereocenters. The zero-order chi connectivity index (χ0) is 13.7. The van der Waals surface area contributed by atoms with Crippen LogP contribution in [0.4, 0.5) is 0 Å². The van der Waals surface area contributed by atoms with Gasteiger partial charge in [-0.25, -0.2) is 0 Å². The number of hydrogen-bond donors (Lipinski definition) is 3. The molecule has 1 aliphatic rings. The van der Waals surface area contributed by atoms with E-state index in [0.29, 0.717) is 17.5 Å². The van der Waals surface area contributed by atoms with Crippen molar-refractivity contribution in [2.24, 2.45) is 5.92 Å². The van der Waals surface area contributed by atoms with E-state index in [4.69, 9.17) is 11.6 Å². The van der Waals surface area contributed by atoms with E-state index in [2.05, 4.69) is 10.6 Å². The number of phenols is 1. The van der Waals surface area contributed by atoms with E-state index in [9.17, 15) is 9.90 Å². The highest BCUT2D eigenvalue weighted by Gasteiger charge is 2.14. The predicted molar refractivity (Wildman–Crippen MR) is 75.7 cm³/mol. The van der Waals surface area contributed by atoms with Gasteiger partial charge in [0.05, 0.1) is 5.56 Å². The minimum absolute atomic E-state index is 0.0405. The molecular formula is C14H19ClN2O2. The fraction of sp³-hybridized carbons (Fsp3) is 0.500. The first-order chi connectivity index (χ1) is 9.16. The molecule has 3 N–H and O–H groups in total. The van der Waals surface area contributed by atoms with Gasteiger partial charge in [-0.3, -0.25) is 4.79 Å². The maximum atomic E-state index is 11.9. The molecular weight excluding hydrogens is 264 g/mol. The van der Waals surface area contributed by atoms with Crippen LogP contribution in [0.3, 0.4) is 0 Å².